The molecule has 1 aliphatic rings. The summed E-state index contributed by atoms with van der Waals surface area (Å²) in [4.78, 5) is 21.9. The van der Waals surface area contributed by atoms with Crippen molar-refractivity contribution in [3.05, 3.63) is 34.4 Å². The van der Waals surface area contributed by atoms with Gasteiger partial charge in [0.25, 0.3) is 5.69 Å². The van der Waals surface area contributed by atoms with Crippen LogP contribution in [-0.4, -0.2) is 49.9 Å². The molecule has 0 aliphatic carbocycles. The molecule has 0 bridgehead atoms. The number of methoxy groups -OCH3 is 1. The topological polar surface area (TPSA) is 133 Å². The second-order valence-corrected chi connectivity index (χ2v) is 7.43. The van der Waals surface area contributed by atoms with Crippen LogP contribution in [-0.2, 0) is 19.6 Å². The number of sulfonamides is 1. The zero-order chi connectivity index (χ0) is 17.9. The Balaban J connectivity index is 2.38. The van der Waals surface area contributed by atoms with Crippen LogP contribution in [0.1, 0.15) is 12.8 Å². The molecule has 0 radical (unpaired) electrons. The SMILES string of the molecule is COC(=O)[C@@H]1CC[C@@H](CN)CN1S(=O)(=O)c1ccc([N+](=O)[O-])cc1. The van der Waals surface area contributed by atoms with E-state index in [0.29, 0.717) is 19.4 Å². The summed E-state index contributed by atoms with van der Waals surface area (Å²) in [5.41, 5.74) is 5.43. The summed E-state index contributed by atoms with van der Waals surface area (Å²) in [7, 11) is -2.80. The number of carbonyl (C=O) groups is 1. The van der Waals surface area contributed by atoms with Crippen molar-refractivity contribution in [3.8, 4) is 0 Å². The van der Waals surface area contributed by atoms with E-state index < -0.39 is 27.0 Å². The summed E-state index contributed by atoms with van der Waals surface area (Å²) >= 11 is 0. The quantitative estimate of drug-likeness (QED) is 0.461. The van der Waals surface area contributed by atoms with E-state index in [-0.39, 0.29) is 23.0 Å². The highest BCUT2D eigenvalue weighted by Gasteiger charge is 2.41. The Morgan fingerprint density at radius 2 is 2.00 bits per heavy atom. The summed E-state index contributed by atoms with van der Waals surface area (Å²) in [5.74, 6) is -0.685. The van der Waals surface area contributed by atoms with Crippen molar-refractivity contribution in [2.24, 2.45) is 11.7 Å². The first-order valence-corrected chi connectivity index (χ1v) is 8.79. The maximum atomic E-state index is 12.9. The molecule has 9 nitrogen and oxygen atoms in total. The van der Waals surface area contributed by atoms with Crippen molar-refractivity contribution >= 4 is 21.7 Å². The monoisotopic (exact) mass is 357 g/mol. The third-order valence-corrected chi connectivity index (χ3v) is 5.98. The number of nitro groups is 1. The minimum atomic E-state index is -4.00. The van der Waals surface area contributed by atoms with E-state index in [1.807, 2.05) is 0 Å². The van der Waals surface area contributed by atoms with Crippen LogP contribution in [0.2, 0.25) is 0 Å². The van der Waals surface area contributed by atoms with Crippen molar-refractivity contribution in [2.45, 2.75) is 23.8 Å². The molecule has 1 saturated heterocycles. The molecule has 1 aromatic rings. The highest BCUT2D eigenvalue weighted by atomic mass is 32.2. The Kier molecular flexibility index (Phi) is 5.52. The number of nitrogens with zero attached hydrogens (tertiary/aromatic N) is 2. The largest absolute Gasteiger partial charge is 0.468 e. The standard InChI is InChI=1S/C14H19N3O6S/c1-23-14(18)13-7-2-10(8-15)9-16(13)24(21,22)12-5-3-11(4-6-12)17(19)20/h3-6,10,13H,2,7-9,15H2,1H3/t10-,13-/m0/s1. The molecular weight excluding hydrogens is 338 g/mol. The summed E-state index contributed by atoms with van der Waals surface area (Å²) in [6.07, 6.45) is 0.948. The summed E-state index contributed by atoms with van der Waals surface area (Å²) in [6, 6.07) is 3.63. The number of piperidine rings is 1. The lowest BCUT2D eigenvalue weighted by molar-refractivity contribution is -0.384. The molecule has 2 atom stereocenters. The molecular formula is C14H19N3O6S. The first-order valence-electron chi connectivity index (χ1n) is 7.35. The van der Waals surface area contributed by atoms with Crippen LogP contribution >= 0.6 is 0 Å². The normalized spacial score (nSPS) is 22.1. The van der Waals surface area contributed by atoms with Gasteiger partial charge in [-0.2, -0.15) is 4.31 Å². The van der Waals surface area contributed by atoms with Gasteiger partial charge in [0.15, 0.2) is 0 Å². The van der Waals surface area contributed by atoms with E-state index in [0.717, 1.165) is 28.6 Å². The summed E-state index contributed by atoms with van der Waals surface area (Å²) in [6.45, 7) is 0.412. The van der Waals surface area contributed by atoms with E-state index >= 15 is 0 Å². The van der Waals surface area contributed by atoms with Crippen LogP contribution in [0, 0.1) is 16.0 Å². The highest BCUT2D eigenvalue weighted by molar-refractivity contribution is 7.89. The van der Waals surface area contributed by atoms with Gasteiger partial charge in [-0.3, -0.25) is 14.9 Å². The molecule has 0 saturated carbocycles. The van der Waals surface area contributed by atoms with Crippen LogP contribution in [0.15, 0.2) is 29.2 Å². The van der Waals surface area contributed by atoms with Gasteiger partial charge in [0.2, 0.25) is 10.0 Å². The number of non-ortho nitro benzene ring substituents is 1. The molecule has 0 unspecified atom stereocenters. The molecule has 1 aromatic carbocycles. The van der Waals surface area contributed by atoms with Crippen molar-refractivity contribution in [1.29, 1.82) is 0 Å². The van der Waals surface area contributed by atoms with Gasteiger partial charge in [-0.25, -0.2) is 8.42 Å². The second-order valence-electron chi connectivity index (χ2n) is 5.54. The van der Waals surface area contributed by atoms with E-state index in [1.165, 1.54) is 7.11 Å². The van der Waals surface area contributed by atoms with Crippen molar-refractivity contribution in [3.63, 3.8) is 0 Å². The van der Waals surface area contributed by atoms with Crippen LogP contribution < -0.4 is 5.73 Å². The number of hydrogen-bond donors (Lipinski definition) is 1. The molecule has 2 N–H and O–H groups in total. The molecule has 1 heterocycles. The Labute approximate surface area is 139 Å². The van der Waals surface area contributed by atoms with Crippen LogP contribution in [0.3, 0.4) is 0 Å². The average Bonchev–Trinajstić information content (AvgIpc) is 2.60. The molecule has 0 amide bonds. The number of esters is 1. The van der Waals surface area contributed by atoms with Gasteiger partial charge in [-0.05, 0) is 37.4 Å². The lowest BCUT2D eigenvalue weighted by Crippen LogP contribution is -2.52. The number of nitro benzene ring substituents is 1. The van der Waals surface area contributed by atoms with Gasteiger partial charge in [0.1, 0.15) is 6.04 Å². The number of carbonyl (C=O) groups excluding carboxylic acids is 1. The first kappa shape index (κ1) is 18.3. The minimum absolute atomic E-state index is 0.0567. The second kappa shape index (κ2) is 7.24. The smallest absolute Gasteiger partial charge is 0.324 e. The predicted molar refractivity (Wildman–Crippen MR) is 84.6 cm³/mol. The third kappa shape index (κ3) is 3.55. The van der Waals surface area contributed by atoms with E-state index in [2.05, 4.69) is 0 Å². The van der Waals surface area contributed by atoms with Crippen LogP contribution in [0.5, 0.6) is 0 Å². The minimum Gasteiger partial charge on any atom is -0.468 e. The predicted octanol–water partition coefficient (Wildman–Crippen LogP) is 0.496. The highest BCUT2D eigenvalue weighted by Crippen LogP contribution is 2.29. The molecule has 132 valence electrons. The van der Waals surface area contributed by atoms with E-state index in [1.54, 1.807) is 0 Å². The number of nitrogens with two attached hydrogens (primary N) is 1. The van der Waals surface area contributed by atoms with Crippen molar-refractivity contribution < 1.29 is 22.9 Å². The summed E-state index contributed by atoms with van der Waals surface area (Å²) in [5, 5.41) is 10.7. The van der Waals surface area contributed by atoms with E-state index in [4.69, 9.17) is 10.5 Å². The Morgan fingerprint density at radius 3 is 2.50 bits per heavy atom. The van der Waals surface area contributed by atoms with Gasteiger partial charge < -0.3 is 10.5 Å². The Bertz CT molecular complexity index is 719. The molecule has 0 aromatic heterocycles. The Morgan fingerprint density at radius 1 is 1.38 bits per heavy atom. The summed E-state index contributed by atoms with van der Waals surface area (Å²) < 4.78 is 31.5. The molecule has 2 rings (SSSR count). The lowest BCUT2D eigenvalue weighted by atomic mass is 9.95. The average molecular weight is 357 g/mol. The third-order valence-electron chi connectivity index (χ3n) is 4.09. The van der Waals surface area contributed by atoms with Crippen LogP contribution in [0.4, 0.5) is 5.69 Å². The fourth-order valence-electron chi connectivity index (χ4n) is 2.72. The number of rotatable bonds is 5. The number of hydrogen-bond acceptors (Lipinski definition) is 7. The fourth-order valence-corrected chi connectivity index (χ4v) is 4.40. The molecule has 0 spiro atoms. The number of benzene rings is 1. The number of ether oxygens (including phenoxy) is 1. The van der Waals surface area contributed by atoms with Gasteiger partial charge >= 0.3 is 5.97 Å². The zero-order valence-electron chi connectivity index (χ0n) is 13.1. The first-order chi connectivity index (χ1) is 11.3. The molecule has 1 aliphatic heterocycles. The molecule has 1 fully saturated rings. The maximum Gasteiger partial charge on any atom is 0.324 e. The molecule has 24 heavy (non-hydrogen) atoms. The maximum absolute atomic E-state index is 12.9. The lowest BCUT2D eigenvalue weighted by Gasteiger charge is -2.36. The van der Waals surface area contributed by atoms with Crippen LogP contribution in [0.25, 0.3) is 0 Å². The van der Waals surface area contributed by atoms with Gasteiger partial charge in [-0.15, -0.1) is 0 Å². The van der Waals surface area contributed by atoms with Crippen molar-refractivity contribution in [1.82, 2.24) is 4.31 Å². The van der Waals surface area contributed by atoms with E-state index in [9.17, 15) is 23.3 Å². The Hall–Kier alpha value is -2.04. The van der Waals surface area contributed by atoms with Gasteiger partial charge in [-0.1, -0.05) is 0 Å². The fraction of sp³-hybridized carbons (Fsp3) is 0.500. The van der Waals surface area contributed by atoms with Crippen molar-refractivity contribution in [2.75, 3.05) is 20.2 Å². The van der Waals surface area contributed by atoms with Gasteiger partial charge in [0, 0.05) is 18.7 Å². The van der Waals surface area contributed by atoms with Gasteiger partial charge in [0.05, 0.1) is 16.9 Å². The molecule has 10 heteroatoms. The zero-order valence-corrected chi connectivity index (χ0v) is 13.9.